The summed E-state index contributed by atoms with van der Waals surface area (Å²) < 4.78 is 6.70. The lowest BCUT2D eigenvalue weighted by Crippen LogP contribution is -2.49. The van der Waals surface area contributed by atoms with Gasteiger partial charge in [-0.2, -0.15) is 0 Å². The van der Waals surface area contributed by atoms with Crippen LogP contribution in [0.1, 0.15) is 0 Å². The highest BCUT2D eigenvalue weighted by Gasteiger charge is 2.23. The summed E-state index contributed by atoms with van der Waals surface area (Å²) >= 11 is 11.9. The second-order valence-corrected chi connectivity index (χ2v) is 7.52. The van der Waals surface area contributed by atoms with Gasteiger partial charge in [-0.1, -0.05) is 24.3 Å². The van der Waals surface area contributed by atoms with E-state index in [1.165, 1.54) is 4.57 Å². The van der Waals surface area contributed by atoms with Crippen molar-refractivity contribution in [3.8, 4) is 0 Å². The van der Waals surface area contributed by atoms with Gasteiger partial charge in [-0.05, 0) is 24.3 Å². The zero-order valence-corrected chi connectivity index (χ0v) is 18.2. The molecule has 3 rings (SSSR count). The molecule has 0 spiro atoms. The molecule has 1 amide bonds. The fraction of sp³-hybridized carbons (Fsp3) is 0.333. The second-order valence-electron chi connectivity index (χ2n) is 6.82. The van der Waals surface area contributed by atoms with Crippen molar-refractivity contribution in [1.29, 1.82) is 0 Å². The number of imidazole rings is 1. The molecular weight excluding hydrogens is 427 g/mol. The molecular formula is C21H24Cl2N4O3. The molecule has 9 heteroatoms. The van der Waals surface area contributed by atoms with Gasteiger partial charge in [0, 0.05) is 43.0 Å². The number of allylic oxidation sites excluding steroid dienone is 4. The number of H-pyrrole nitrogens is 1. The van der Waals surface area contributed by atoms with E-state index in [2.05, 4.69) is 16.5 Å². The zero-order valence-electron chi connectivity index (χ0n) is 16.7. The van der Waals surface area contributed by atoms with Crippen LogP contribution in [0.4, 0.5) is 0 Å². The van der Waals surface area contributed by atoms with Crippen LogP contribution in [0.3, 0.4) is 0 Å². The van der Waals surface area contributed by atoms with Crippen LogP contribution in [-0.2, 0) is 16.1 Å². The molecule has 1 saturated heterocycles. The molecule has 0 atom stereocenters. The molecule has 0 bridgehead atoms. The Balaban J connectivity index is 1.68. The monoisotopic (exact) mass is 450 g/mol. The van der Waals surface area contributed by atoms with Gasteiger partial charge < -0.3 is 19.5 Å². The summed E-state index contributed by atoms with van der Waals surface area (Å²) in [7, 11) is 1.58. The predicted molar refractivity (Wildman–Crippen MR) is 120 cm³/mol. The number of alkyl halides is 1. The number of aromatic amines is 1. The predicted octanol–water partition coefficient (Wildman–Crippen LogP) is 2.97. The summed E-state index contributed by atoms with van der Waals surface area (Å²) in [6.45, 7) is 6.15. The van der Waals surface area contributed by atoms with E-state index in [1.54, 1.807) is 36.3 Å². The average molecular weight is 451 g/mol. The van der Waals surface area contributed by atoms with E-state index in [1.807, 2.05) is 12.2 Å². The fourth-order valence-corrected chi connectivity index (χ4v) is 3.78. The minimum atomic E-state index is -0.325. The van der Waals surface area contributed by atoms with E-state index in [9.17, 15) is 9.59 Å². The lowest BCUT2D eigenvalue weighted by molar-refractivity contribution is -0.133. The van der Waals surface area contributed by atoms with E-state index >= 15 is 0 Å². The Morgan fingerprint density at radius 2 is 1.97 bits per heavy atom. The lowest BCUT2D eigenvalue weighted by atomic mass is 10.2. The van der Waals surface area contributed by atoms with Gasteiger partial charge in [-0.25, -0.2) is 4.79 Å². The van der Waals surface area contributed by atoms with Crippen LogP contribution in [-0.4, -0.2) is 64.4 Å². The third kappa shape index (κ3) is 4.91. The van der Waals surface area contributed by atoms with Crippen molar-refractivity contribution >= 4 is 40.1 Å². The number of rotatable bonds is 7. The van der Waals surface area contributed by atoms with Crippen LogP contribution in [0.25, 0.3) is 11.0 Å². The number of halogens is 2. The smallest absolute Gasteiger partial charge is 0.326 e. The molecule has 7 nitrogen and oxygen atoms in total. The fourth-order valence-electron chi connectivity index (χ4n) is 3.42. The highest BCUT2D eigenvalue weighted by Crippen LogP contribution is 2.18. The SMILES string of the molecule is C=C/C=C(\C=C(/CCl)OC)N1CCN(C(=O)Cn2c(=O)[nH]c3cc(Cl)ccc32)CC1. The van der Waals surface area contributed by atoms with Gasteiger partial charge in [0.1, 0.15) is 12.3 Å². The Bertz CT molecular complexity index is 1040. The van der Waals surface area contributed by atoms with Crippen LogP contribution in [0.15, 0.2) is 59.3 Å². The van der Waals surface area contributed by atoms with Crippen LogP contribution in [0.2, 0.25) is 5.02 Å². The molecule has 30 heavy (non-hydrogen) atoms. The molecule has 1 aliphatic rings. The summed E-state index contributed by atoms with van der Waals surface area (Å²) in [5.74, 6) is 0.825. The van der Waals surface area contributed by atoms with Crippen molar-refractivity contribution in [1.82, 2.24) is 19.4 Å². The highest BCUT2D eigenvalue weighted by atomic mass is 35.5. The number of ether oxygens (including phenoxy) is 1. The summed E-state index contributed by atoms with van der Waals surface area (Å²) in [5.41, 5.74) is 1.88. The first-order valence-corrected chi connectivity index (χ1v) is 10.4. The molecule has 2 aromatic rings. The maximum atomic E-state index is 12.8. The Hall–Kier alpha value is -2.64. The van der Waals surface area contributed by atoms with Crippen molar-refractivity contribution in [3.05, 3.63) is 70.0 Å². The second kappa shape index (κ2) is 9.91. The van der Waals surface area contributed by atoms with Gasteiger partial charge in [0.05, 0.1) is 24.0 Å². The van der Waals surface area contributed by atoms with Gasteiger partial charge in [-0.3, -0.25) is 9.36 Å². The molecule has 0 radical (unpaired) electrons. The first-order chi connectivity index (χ1) is 14.5. The van der Waals surface area contributed by atoms with E-state index in [-0.39, 0.29) is 24.0 Å². The molecule has 160 valence electrons. The number of methoxy groups -OCH3 is 1. The van der Waals surface area contributed by atoms with E-state index in [4.69, 9.17) is 27.9 Å². The van der Waals surface area contributed by atoms with Crippen molar-refractivity contribution < 1.29 is 9.53 Å². The number of nitrogens with zero attached hydrogens (tertiary/aromatic N) is 3. The van der Waals surface area contributed by atoms with E-state index < -0.39 is 0 Å². The molecule has 1 aromatic heterocycles. The number of amides is 1. The first kappa shape index (κ1) is 22.1. The molecule has 1 N–H and O–H groups in total. The summed E-state index contributed by atoms with van der Waals surface area (Å²) in [6.07, 6.45) is 5.48. The van der Waals surface area contributed by atoms with Crippen molar-refractivity contribution in [2.75, 3.05) is 39.2 Å². The third-order valence-electron chi connectivity index (χ3n) is 5.02. The number of nitrogens with one attached hydrogen (secondary N) is 1. The maximum Gasteiger partial charge on any atom is 0.326 e. The van der Waals surface area contributed by atoms with Gasteiger partial charge in [0.2, 0.25) is 5.91 Å². The Labute approximate surface area is 184 Å². The largest absolute Gasteiger partial charge is 0.500 e. The number of fused-ring (bicyclic) bond motifs is 1. The molecule has 1 fully saturated rings. The van der Waals surface area contributed by atoms with Gasteiger partial charge in [0.25, 0.3) is 0 Å². The van der Waals surface area contributed by atoms with Crippen molar-refractivity contribution in [2.24, 2.45) is 0 Å². The number of carbonyl (C=O) groups is 1. The molecule has 1 aromatic carbocycles. The quantitative estimate of drug-likeness (QED) is 0.399. The normalized spacial score (nSPS) is 15.6. The third-order valence-corrected chi connectivity index (χ3v) is 5.52. The van der Waals surface area contributed by atoms with Gasteiger partial charge in [0.15, 0.2) is 0 Å². The number of carbonyl (C=O) groups excluding carboxylic acids is 1. The van der Waals surface area contributed by atoms with Crippen LogP contribution >= 0.6 is 23.2 Å². The summed E-state index contributed by atoms with van der Waals surface area (Å²) in [4.78, 5) is 31.8. The van der Waals surface area contributed by atoms with Crippen LogP contribution < -0.4 is 5.69 Å². The van der Waals surface area contributed by atoms with E-state index in [0.717, 1.165) is 5.70 Å². The first-order valence-electron chi connectivity index (χ1n) is 9.51. The topological polar surface area (TPSA) is 70.6 Å². The average Bonchev–Trinajstić information content (AvgIpc) is 3.05. The number of hydrogen-bond acceptors (Lipinski definition) is 4. The summed E-state index contributed by atoms with van der Waals surface area (Å²) in [5, 5.41) is 0.529. The standard InChI is InChI=1S/C21H24Cl2N4O3/c1-3-4-16(12-17(13-22)30-2)25-7-9-26(10-8-25)20(28)14-27-19-6-5-15(23)11-18(19)24-21(27)29/h3-6,11-12H,1,7-10,13-14H2,2H3,(H,24,29)/b16-4+,17-12+. The van der Waals surface area contributed by atoms with Crippen molar-refractivity contribution in [3.63, 3.8) is 0 Å². The molecule has 1 aliphatic heterocycles. The molecule has 0 saturated carbocycles. The summed E-state index contributed by atoms with van der Waals surface area (Å²) in [6, 6.07) is 5.12. The Morgan fingerprint density at radius 3 is 2.60 bits per heavy atom. The number of aromatic nitrogens is 2. The van der Waals surface area contributed by atoms with Crippen LogP contribution in [0, 0.1) is 0 Å². The minimum Gasteiger partial charge on any atom is -0.500 e. The van der Waals surface area contributed by atoms with Crippen LogP contribution in [0.5, 0.6) is 0 Å². The van der Waals surface area contributed by atoms with Gasteiger partial charge >= 0.3 is 5.69 Å². The molecule has 2 heterocycles. The molecule has 0 unspecified atom stereocenters. The highest BCUT2D eigenvalue weighted by molar-refractivity contribution is 6.31. The number of benzene rings is 1. The maximum absolute atomic E-state index is 12.8. The number of hydrogen-bond donors (Lipinski definition) is 1. The molecule has 0 aliphatic carbocycles. The van der Waals surface area contributed by atoms with Crippen molar-refractivity contribution in [2.45, 2.75) is 6.54 Å². The van der Waals surface area contributed by atoms with Gasteiger partial charge in [-0.15, -0.1) is 11.6 Å². The minimum absolute atomic E-state index is 0.0181. The van der Waals surface area contributed by atoms with E-state index in [0.29, 0.717) is 48.0 Å². The zero-order chi connectivity index (χ0) is 21.7. The Kier molecular flexibility index (Phi) is 7.29. The Morgan fingerprint density at radius 1 is 1.27 bits per heavy atom. The number of piperazine rings is 1. The lowest BCUT2D eigenvalue weighted by Gasteiger charge is -2.36.